The molecule has 110 valence electrons. The highest BCUT2D eigenvalue weighted by molar-refractivity contribution is 5.78. The van der Waals surface area contributed by atoms with E-state index in [1.54, 1.807) is 4.90 Å². The summed E-state index contributed by atoms with van der Waals surface area (Å²) in [5.41, 5.74) is 0.478. The second-order valence-electron chi connectivity index (χ2n) is 4.87. The first kappa shape index (κ1) is 14.9. The van der Waals surface area contributed by atoms with Crippen molar-refractivity contribution in [3.63, 3.8) is 0 Å². The number of aliphatic hydroxyl groups excluding tert-OH is 1. The third kappa shape index (κ3) is 3.74. The Kier molecular flexibility index (Phi) is 5.03. The molecule has 2 rings (SSSR count). The molecule has 4 nitrogen and oxygen atoms in total. The molecule has 20 heavy (non-hydrogen) atoms. The smallest absolute Gasteiger partial charge is 0.227 e. The largest absolute Gasteiger partial charge is 0.395 e. The van der Waals surface area contributed by atoms with Gasteiger partial charge in [0.25, 0.3) is 0 Å². The molecule has 1 heterocycles. The summed E-state index contributed by atoms with van der Waals surface area (Å²) in [6.07, 6.45) is 0.0806. The third-order valence-corrected chi connectivity index (χ3v) is 3.48. The minimum atomic E-state index is -0.928. The second-order valence-corrected chi connectivity index (χ2v) is 4.87. The van der Waals surface area contributed by atoms with E-state index in [1.807, 2.05) is 0 Å². The average molecular weight is 284 g/mol. The maximum absolute atomic E-state index is 13.1. The molecule has 1 N–H and O–H groups in total. The fraction of sp³-hybridized carbons (Fsp3) is 0.500. The molecule has 1 aliphatic heterocycles. The number of piperazine rings is 1. The summed E-state index contributed by atoms with van der Waals surface area (Å²) in [5, 5.41) is 8.85. The number of rotatable bonds is 4. The molecule has 0 bridgehead atoms. The molecule has 1 fully saturated rings. The van der Waals surface area contributed by atoms with Crippen LogP contribution in [0.4, 0.5) is 8.78 Å². The molecule has 0 spiro atoms. The van der Waals surface area contributed by atoms with Crippen LogP contribution in [-0.2, 0) is 11.2 Å². The molecular weight excluding hydrogens is 266 g/mol. The standard InChI is InChI=1S/C14H18F2N2O2/c15-12-2-1-11(9-13(12)16)10-14(20)18-5-3-17(4-6-18)7-8-19/h1-2,9,19H,3-8,10H2. The Balaban J connectivity index is 1.88. The SMILES string of the molecule is O=C(Cc1ccc(F)c(F)c1)N1CCN(CCO)CC1. The van der Waals surface area contributed by atoms with Crippen LogP contribution in [0.5, 0.6) is 0 Å². The number of carbonyl (C=O) groups is 1. The van der Waals surface area contributed by atoms with Crippen molar-refractivity contribution in [3.8, 4) is 0 Å². The molecule has 0 saturated carbocycles. The minimum absolute atomic E-state index is 0.0806. The average Bonchev–Trinajstić information content (AvgIpc) is 2.44. The lowest BCUT2D eigenvalue weighted by Gasteiger charge is -2.34. The van der Waals surface area contributed by atoms with Crippen molar-refractivity contribution in [1.29, 1.82) is 0 Å². The summed E-state index contributed by atoms with van der Waals surface area (Å²) in [5.74, 6) is -1.92. The summed E-state index contributed by atoms with van der Waals surface area (Å²) in [6.45, 7) is 3.38. The molecular formula is C14H18F2N2O2. The topological polar surface area (TPSA) is 43.8 Å². The number of hydrogen-bond acceptors (Lipinski definition) is 3. The van der Waals surface area contributed by atoms with E-state index in [9.17, 15) is 13.6 Å². The van der Waals surface area contributed by atoms with Crippen molar-refractivity contribution in [1.82, 2.24) is 9.80 Å². The van der Waals surface area contributed by atoms with Gasteiger partial charge in [0.05, 0.1) is 13.0 Å². The van der Waals surface area contributed by atoms with Gasteiger partial charge < -0.3 is 10.0 Å². The number of benzene rings is 1. The number of β-amino-alcohol motifs (C(OH)–C–C–N with tert-alkyl or cyclic N) is 1. The highest BCUT2D eigenvalue weighted by Crippen LogP contribution is 2.11. The Morgan fingerprint density at radius 1 is 1.15 bits per heavy atom. The van der Waals surface area contributed by atoms with Crippen molar-refractivity contribution >= 4 is 5.91 Å². The summed E-state index contributed by atoms with van der Waals surface area (Å²) in [6, 6.07) is 3.53. The van der Waals surface area contributed by atoms with Gasteiger partial charge >= 0.3 is 0 Å². The predicted octanol–water partition coefficient (Wildman–Crippen LogP) is 0.644. The first-order valence-corrected chi connectivity index (χ1v) is 6.65. The van der Waals surface area contributed by atoms with Crippen molar-refractivity contribution in [2.75, 3.05) is 39.3 Å². The second kappa shape index (κ2) is 6.76. The van der Waals surface area contributed by atoms with Crippen LogP contribution in [0.3, 0.4) is 0 Å². The number of hydrogen-bond donors (Lipinski definition) is 1. The normalized spacial score (nSPS) is 16.4. The fourth-order valence-electron chi connectivity index (χ4n) is 2.30. The maximum atomic E-state index is 13.1. The van der Waals surface area contributed by atoms with Gasteiger partial charge in [-0.3, -0.25) is 9.69 Å². The van der Waals surface area contributed by atoms with Gasteiger partial charge in [-0.2, -0.15) is 0 Å². The Hall–Kier alpha value is -1.53. The molecule has 0 atom stereocenters. The van der Waals surface area contributed by atoms with Crippen LogP contribution in [0.2, 0.25) is 0 Å². The minimum Gasteiger partial charge on any atom is -0.395 e. The van der Waals surface area contributed by atoms with Crippen LogP contribution in [0.25, 0.3) is 0 Å². The zero-order chi connectivity index (χ0) is 14.5. The van der Waals surface area contributed by atoms with Gasteiger partial charge in [-0.1, -0.05) is 6.07 Å². The van der Waals surface area contributed by atoms with E-state index in [0.29, 0.717) is 25.2 Å². The number of aliphatic hydroxyl groups is 1. The van der Waals surface area contributed by atoms with Gasteiger partial charge in [0.2, 0.25) is 5.91 Å². The van der Waals surface area contributed by atoms with Crippen LogP contribution in [0.15, 0.2) is 18.2 Å². The quantitative estimate of drug-likeness (QED) is 0.882. The van der Waals surface area contributed by atoms with Gasteiger partial charge in [-0.05, 0) is 17.7 Å². The number of carbonyl (C=O) groups excluding carboxylic acids is 1. The first-order chi connectivity index (χ1) is 9.60. The van der Waals surface area contributed by atoms with Crippen LogP contribution in [0, 0.1) is 11.6 Å². The van der Waals surface area contributed by atoms with Crippen molar-refractivity contribution < 1.29 is 18.7 Å². The van der Waals surface area contributed by atoms with Gasteiger partial charge in [0, 0.05) is 32.7 Å². The van der Waals surface area contributed by atoms with Gasteiger partial charge in [0.15, 0.2) is 11.6 Å². The number of nitrogens with zero attached hydrogens (tertiary/aromatic N) is 2. The lowest BCUT2D eigenvalue weighted by atomic mass is 10.1. The predicted molar refractivity (Wildman–Crippen MR) is 70.2 cm³/mol. The summed E-state index contributed by atoms with van der Waals surface area (Å²) >= 11 is 0. The van der Waals surface area contributed by atoms with Crippen LogP contribution in [-0.4, -0.2) is 60.1 Å². The lowest BCUT2D eigenvalue weighted by Crippen LogP contribution is -2.49. The Morgan fingerprint density at radius 2 is 1.85 bits per heavy atom. The summed E-state index contributed by atoms with van der Waals surface area (Å²) < 4.78 is 25.9. The molecule has 0 unspecified atom stereocenters. The zero-order valence-electron chi connectivity index (χ0n) is 11.2. The van der Waals surface area contributed by atoms with E-state index in [0.717, 1.165) is 25.2 Å². The maximum Gasteiger partial charge on any atom is 0.227 e. The van der Waals surface area contributed by atoms with Gasteiger partial charge in [-0.15, -0.1) is 0 Å². The van der Waals surface area contributed by atoms with Crippen molar-refractivity contribution in [2.45, 2.75) is 6.42 Å². The number of amides is 1. The molecule has 1 saturated heterocycles. The molecule has 6 heteroatoms. The number of halogens is 2. The van der Waals surface area contributed by atoms with Crippen molar-refractivity contribution in [2.24, 2.45) is 0 Å². The Labute approximate surface area is 116 Å². The monoisotopic (exact) mass is 284 g/mol. The van der Waals surface area contributed by atoms with Gasteiger partial charge in [-0.25, -0.2) is 8.78 Å². The molecule has 1 aromatic rings. The molecule has 1 aliphatic rings. The highest BCUT2D eigenvalue weighted by atomic mass is 19.2. The van der Waals surface area contributed by atoms with E-state index >= 15 is 0 Å². The van der Waals surface area contributed by atoms with E-state index < -0.39 is 11.6 Å². The fourth-order valence-corrected chi connectivity index (χ4v) is 2.30. The molecule has 0 aromatic heterocycles. The van der Waals surface area contributed by atoms with Gasteiger partial charge in [0.1, 0.15) is 0 Å². The van der Waals surface area contributed by atoms with Crippen LogP contribution >= 0.6 is 0 Å². The zero-order valence-corrected chi connectivity index (χ0v) is 11.2. The molecule has 0 aliphatic carbocycles. The van der Waals surface area contributed by atoms with Crippen LogP contribution in [0.1, 0.15) is 5.56 Å². The van der Waals surface area contributed by atoms with E-state index in [1.165, 1.54) is 6.07 Å². The molecule has 1 aromatic carbocycles. The Bertz CT molecular complexity index is 474. The van der Waals surface area contributed by atoms with E-state index in [-0.39, 0.29) is 18.9 Å². The first-order valence-electron chi connectivity index (χ1n) is 6.65. The lowest BCUT2D eigenvalue weighted by molar-refractivity contribution is -0.132. The highest BCUT2D eigenvalue weighted by Gasteiger charge is 2.20. The van der Waals surface area contributed by atoms with Crippen molar-refractivity contribution in [3.05, 3.63) is 35.4 Å². The third-order valence-electron chi connectivity index (χ3n) is 3.48. The summed E-state index contributed by atoms with van der Waals surface area (Å²) in [7, 11) is 0. The molecule has 0 radical (unpaired) electrons. The van der Waals surface area contributed by atoms with Crippen LogP contribution < -0.4 is 0 Å². The van der Waals surface area contributed by atoms with E-state index in [2.05, 4.69) is 4.90 Å². The van der Waals surface area contributed by atoms with E-state index in [4.69, 9.17) is 5.11 Å². The Morgan fingerprint density at radius 3 is 2.45 bits per heavy atom. The molecule has 1 amide bonds. The summed E-state index contributed by atoms with van der Waals surface area (Å²) in [4.78, 5) is 15.9.